The maximum Gasteiger partial charge on any atom is 0.252 e. The Labute approximate surface area is 187 Å². The number of carbonyl (C=O) groups is 3. The van der Waals surface area contributed by atoms with Gasteiger partial charge < -0.3 is 15.6 Å². The Morgan fingerprint density at radius 3 is 2.81 bits per heavy atom. The van der Waals surface area contributed by atoms with Crippen molar-refractivity contribution in [2.45, 2.75) is 13.1 Å². The molecule has 0 aliphatic carbocycles. The number of nitrogens with one attached hydrogen (secondary N) is 3. The standard InChI is InChI=1S/C23H16ClN5O3/c24-16-6-5-14(19-15(16)11-27-23(19)32)20(30)21-28-17-7-4-12(9-18(17)29-21)22(31)26-10-13-3-1-2-8-25-13/h1-9H,10-11H2,(H,26,31)(H,27,32)(H,28,29). The maximum absolute atomic E-state index is 13.1. The molecular formula is C23H16ClN5O3. The largest absolute Gasteiger partial charge is 0.348 e. The van der Waals surface area contributed by atoms with Crippen LogP contribution in [0, 0.1) is 0 Å². The lowest BCUT2D eigenvalue weighted by atomic mass is 9.99. The van der Waals surface area contributed by atoms with Crippen molar-refractivity contribution in [2.75, 3.05) is 0 Å². The highest BCUT2D eigenvalue weighted by Crippen LogP contribution is 2.29. The van der Waals surface area contributed by atoms with Gasteiger partial charge in [0.1, 0.15) is 0 Å². The van der Waals surface area contributed by atoms with Crippen molar-refractivity contribution < 1.29 is 14.4 Å². The van der Waals surface area contributed by atoms with Crippen molar-refractivity contribution in [3.05, 3.63) is 93.5 Å². The highest BCUT2D eigenvalue weighted by molar-refractivity contribution is 6.32. The molecule has 2 amide bonds. The number of fused-ring (bicyclic) bond motifs is 2. The van der Waals surface area contributed by atoms with E-state index >= 15 is 0 Å². The number of aromatic nitrogens is 3. The summed E-state index contributed by atoms with van der Waals surface area (Å²) >= 11 is 6.16. The molecule has 2 aromatic heterocycles. The molecule has 0 saturated carbocycles. The first-order valence-electron chi connectivity index (χ1n) is 9.83. The van der Waals surface area contributed by atoms with Crippen LogP contribution in [0.15, 0.2) is 54.7 Å². The molecule has 3 heterocycles. The molecule has 0 fully saturated rings. The zero-order valence-electron chi connectivity index (χ0n) is 16.6. The Morgan fingerprint density at radius 1 is 1.12 bits per heavy atom. The van der Waals surface area contributed by atoms with Crippen LogP contribution < -0.4 is 10.6 Å². The van der Waals surface area contributed by atoms with Gasteiger partial charge in [-0.1, -0.05) is 17.7 Å². The minimum Gasteiger partial charge on any atom is -0.348 e. The molecule has 0 radical (unpaired) electrons. The van der Waals surface area contributed by atoms with E-state index in [1.54, 1.807) is 36.5 Å². The summed E-state index contributed by atoms with van der Waals surface area (Å²) in [6.07, 6.45) is 1.66. The van der Waals surface area contributed by atoms with Crippen molar-refractivity contribution in [3.8, 4) is 0 Å². The number of halogens is 1. The number of H-pyrrole nitrogens is 1. The molecule has 1 aliphatic heterocycles. The summed E-state index contributed by atoms with van der Waals surface area (Å²) in [7, 11) is 0. The molecule has 0 saturated heterocycles. The number of hydrogen-bond donors (Lipinski definition) is 3. The van der Waals surface area contributed by atoms with Gasteiger partial charge in [0.25, 0.3) is 11.8 Å². The Hall–Kier alpha value is -4.04. The molecule has 0 unspecified atom stereocenters. The predicted octanol–water partition coefficient (Wildman–Crippen LogP) is 3.02. The van der Waals surface area contributed by atoms with Crippen molar-refractivity contribution in [1.82, 2.24) is 25.6 Å². The van der Waals surface area contributed by atoms with Crippen LogP contribution in [0.25, 0.3) is 11.0 Å². The van der Waals surface area contributed by atoms with Gasteiger partial charge in [-0.15, -0.1) is 0 Å². The molecule has 158 valence electrons. The number of amides is 2. The third-order valence-corrected chi connectivity index (χ3v) is 5.62. The van der Waals surface area contributed by atoms with E-state index in [-0.39, 0.29) is 35.3 Å². The van der Waals surface area contributed by atoms with Gasteiger partial charge in [0.2, 0.25) is 5.78 Å². The van der Waals surface area contributed by atoms with Crippen LogP contribution in [0.1, 0.15) is 48.2 Å². The van der Waals surface area contributed by atoms with Crippen LogP contribution in [-0.2, 0) is 13.1 Å². The lowest BCUT2D eigenvalue weighted by Crippen LogP contribution is -2.23. The average Bonchev–Trinajstić information content (AvgIpc) is 3.42. The van der Waals surface area contributed by atoms with Crippen LogP contribution in [0.2, 0.25) is 5.02 Å². The zero-order valence-corrected chi connectivity index (χ0v) is 17.4. The summed E-state index contributed by atoms with van der Waals surface area (Å²) in [5.74, 6) is -0.961. The Kier molecular flexibility index (Phi) is 4.91. The summed E-state index contributed by atoms with van der Waals surface area (Å²) in [5, 5.41) is 5.93. The highest BCUT2D eigenvalue weighted by Gasteiger charge is 2.29. The van der Waals surface area contributed by atoms with Crippen molar-refractivity contribution in [1.29, 1.82) is 0 Å². The van der Waals surface area contributed by atoms with E-state index in [1.807, 2.05) is 12.1 Å². The number of benzene rings is 2. The van der Waals surface area contributed by atoms with Crippen LogP contribution in [-0.4, -0.2) is 32.5 Å². The molecule has 4 aromatic rings. The van der Waals surface area contributed by atoms with E-state index in [0.29, 0.717) is 33.7 Å². The molecule has 3 N–H and O–H groups in total. The van der Waals surface area contributed by atoms with Gasteiger partial charge in [-0.05, 0) is 42.5 Å². The van der Waals surface area contributed by atoms with E-state index in [0.717, 1.165) is 5.69 Å². The first-order chi connectivity index (χ1) is 15.5. The predicted molar refractivity (Wildman–Crippen MR) is 118 cm³/mol. The van der Waals surface area contributed by atoms with Crippen molar-refractivity contribution in [2.24, 2.45) is 0 Å². The fourth-order valence-electron chi connectivity index (χ4n) is 3.66. The second-order valence-electron chi connectivity index (χ2n) is 7.28. The smallest absolute Gasteiger partial charge is 0.252 e. The number of carbonyl (C=O) groups excluding carboxylic acids is 3. The fraction of sp³-hybridized carbons (Fsp3) is 0.0870. The summed E-state index contributed by atoms with van der Waals surface area (Å²) in [6.45, 7) is 0.580. The number of rotatable bonds is 5. The number of nitrogens with zero attached hydrogens (tertiary/aromatic N) is 2. The van der Waals surface area contributed by atoms with E-state index < -0.39 is 5.78 Å². The number of ketones is 1. The molecule has 1 aliphatic rings. The minimum atomic E-state index is -0.424. The van der Waals surface area contributed by atoms with E-state index in [2.05, 4.69) is 25.6 Å². The maximum atomic E-state index is 13.1. The Bertz CT molecular complexity index is 1400. The first kappa shape index (κ1) is 19.9. The second kappa shape index (κ2) is 7.90. The third kappa shape index (κ3) is 3.50. The summed E-state index contributed by atoms with van der Waals surface area (Å²) in [4.78, 5) is 49.4. The molecule has 8 nitrogen and oxygen atoms in total. The van der Waals surface area contributed by atoms with E-state index in [9.17, 15) is 14.4 Å². The second-order valence-corrected chi connectivity index (χ2v) is 7.69. The van der Waals surface area contributed by atoms with Gasteiger partial charge in [0.15, 0.2) is 5.82 Å². The summed E-state index contributed by atoms with van der Waals surface area (Å²) < 4.78 is 0. The molecule has 32 heavy (non-hydrogen) atoms. The summed E-state index contributed by atoms with van der Waals surface area (Å²) in [5.41, 5.74) is 3.33. The van der Waals surface area contributed by atoms with Crippen LogP contribution in [0.5, 0.6) is 0 Å². The number of aromatic amines is 1. The number of imidazole rings is 1. The number of hydrogen-bond acceptors (Lipinski definition) is 5. The first-order valence-corrected chi connectivity index (χ1v) is 10.2. The van der Waals surface area contributed by atoms with Crippen LogP contribution in [0.4, 0.5) is 0 Å². The normalized spacial score (nSPS) is 12.5. The Morgan fingerprint density at radius 2 is 2.00 bits per heavy atom. The molecule has 2 aromatic carbocycles. The Balaban J connectivity index is 1.41. The molecule has 5 rings (SSSR count). The summed E-state index contributed by atoms with van der Waals surface area (Å²) in [6, 6.07) is 13.5. The lowest BCUT2D eigenvalue weighted by Gasteiger charge is -2.05. The van der Waals surface area contributed by atoms with Crippen LogP contribution >= 0.6 is 11.6 Å². The fourth-order valence-corrected chi connectivity index (χ4v) is 3.88. The van der Waals surface area contributed by atoms with Gasteiger partial charge in [-0.2, -0.15) is 0 Å². The third-order valence-electron chi connectivity index (χ3n) is 5.27. The van der Waals surface area contributed by atoms with Gasteiger partial charge in [0, 0.05) is 34.5 Å². The van der Waals surface area contributed by atoms with Gasteiger partial charge in [0.05, 0.1) is 28.8 Å². The van der Waals surface area contributed by atoms with Crippen molar-refractivity contribution in [3.63, 3.8) is 0 Å². The average molecular weight is 446 g/mol. The quantitative estimate of drug-likeness (QED) is 0.408. The molecule has 0 atom stereocenters. The van der Waals surface area contributed by atoms with Crippen molar-refractivity contribution >= 4 is 40.2 Å². The van der Waals surface area contributed by atoms with Gasteiger partial charge in [-0.25, -0.2) is 4.98 Å². The van der Waals surface area contributed by atoms with Crippen LogP contribution in [0.3, 0.4) is 0 Å². The minimum absolute atomic E-state index is 0.0790. The van der Waals surface area contributed by atoms with E-state index in [4.69, 9.17) is 11.6 Å². The molecule has 9 heteroatoms. The molecule has 0 bridgehead atoms. The van der Waals surface area contributed by atoms with E-state index in [1.165, 1.54) is 6.07 Å². The lowest BCUT2D eigenvalue weighted by molar-refractivity contribution is 0.0946. The highest BCUT2D eigenvalue weighted by atomic mass is 35.5. The van der Waals surface area contributed by atoms with Gasteiger partial charge in [-0.3, -0.25) is 19.4 Å². The monoisotopic (exact) mass is 445 g/mol. The zero-order chi connectivity index (χ0) is 22.2. The SMILES string of the molecule is O=C(NCc1ccccn1)c1ccc2[nH]c(C(=O)c3ccc(Cl)c4c3C(=O)NC4)nc2c1. The topological polar surface area (TPSA) is 117 Å². The number of pyridine rings is 1. The van der Waals surface area contributed by atoms with Gasteiger partial charge >= 0.3 is 0 Å². The molecular weight excluding hydrogens is 430 g/mol. The molecule has 0 spiro atoms.